The van der Waals surface area contributed by atoms with Crippen LogP contribution in [0, 0.1) is 6.92 Å². The zero-order valence-corrected chi connectivity index (χ0v) is 15.7. The van der Waals surface area contributed by atoms with Crippen molar-refractivity contribution in [3.63, 3.8) is 0 Å². The van der Waals surface area contributed by atoms with Crippen molar-refractivity contribution in [3.8, 4) is 5.69 Å². The van der Waals surface area contributed by atoms with Gasteiger partial charge < -0.3 is 4.57 Å². The Hall–Kier alpha value is -3.58. The number of para-hydroxylation sites is 1. The van der Waals surface area contributed by atoms with Crippen LogP contribution in [0.5, 0.6) is 0 Å². The number of benzene rings is 5. The van der Waals surface area contributed by atoms with Gasteiger partial charge in [0.1, 0.15) is 0 Å². The van der Waals surface area contributed by atoms with Crippen LogP contribution in [0.4, 0.5) is 0 Å². The smallest absolute Gasteiger partial charge is 0.0619 e. The molecule has 1 aromatic heterocycles. The van der Waals surface area contributed by atoms with Crippen LogP contribution in [0.15, 0.2) is 97.1 Å². The molecule has 0 saturated heterocycles. The number of rotatable bonds is 1. The van der Waals surface area contributed by atoms with Gasteiger partial charge in [0.2, 0.25) is 0 Å². The first-order valence-corrected chi connectivity index (χ1v) is 9.72. The third-order valence-electron chi connectivity index (χ3n) is 5.85. The van der Waals surface area contributed by atoms with Gasteiger partial charge in [-0.05, 0) is 41.3 Å². The Morgan fingerprint density at radius 1 is 0.500 bits per heavy atom. The molecule has 132 valence electrons. The fraction of sp³-hybridized carbons (Fsp3) is 0.0370. The van der Waals surface area contributed by atoms with Crippen LogP contribution < -0.4 is 0 Å². The van der Waals surface area contributed by atoms with E-state index < -0.39 is 0 Å². The molecule has 6 rings (SSSR count). The Kier molecular flexibility index (Phi) is 3.15. The molecule has 5 aromatic carbocycles. The van der Waals surface area contributed by atoms with Crippen LogP contribution in [0.3, 0.4) is 0 Å². The molecule has 0 aliphatic heterocycles. The van der Waals surface area contributed by atoms with E-state index in [2.05, 4.69) is 109 Å². The van der Waals surface area contributed by atoms with Gasteiger partial charge in [-0.15, -0.1) is 0 Å². The lowest BCUT2D eigenvalue weighted by Crippen LogP contribution is -1.94. The first-order chi connectivity index (χ1) is 13.8. The Labute approximate surface area is 163 Å². The van der Waals surface area contributed by atoms with Gasteiger partial charge in [-0.25, -0.2) is 0 Å². The molecule has 0 radical (unpaired) electrons. The predicted octanol–water partition coefficient (Wildman–Crippen LogP) is 7.40. The zero-order valence-electron chi connectivity index (χ0n) is 15.7. The summed E-state index contributed by atoms with van der Waals surface area (Å²) in [6, 6.07) is 35.3. The van der Waals surface area contributed by atoms with Gasteiger partial charge in [-0.1, -0.05) is 84.4 Å². The molecule has 0 saturated carbocycles. The summed E-state index contributed by atoms with van der Waals surface area (Å²) in [6.45, 7) is 2.14. The predicted molar refractivity (Wildman–Crippen MR) is 121 cm³/mol. The molecule has 0 unspecified atom stereocenters. The molecule has 1 heterocycles. The lowest BCUT2D eigenvalue weighted by atomic mass is 9.99. The lowest BCUT2D eigenvalue weighted by Gasteiger charge is -2.11. The summed E-state index contributed by atoms with van der Waals surface area (Å²) in [7, 11) is 0. The summed E-state index contributed by atoms with van der Waals surface area (Å²) in [6.07, 6.45) is 0. The highest BCUT2D eigenvalue weighted by Gasteiger charge is 2.15. The Morgan fingerprint density at radius 3 is 2.00 bits per heavy atom. The van der Waals surface area contributed by atoms with Crippen molar-refractivity contribution in [2.75, 3.05) is 0 Å². The summed E-state index contributed by atoms with van der Waals surface area (Å²) in [5.41, 5.74) is 5.02. The first kappa shape index (κ1) is 15.5. The number of aromatic nitrogens is 1. The topological polar surface area (TPSA) is 4.93 Å². The quantitative estimate of drug-likeness (QED) is 0.270. The van der Waals surface area contributed by atoms with Gasteiger partial charge in [-0.2, -0.15) is 0 Å². The van der Waals surface area contributed by atoms with E-state index in [-0.39, 0.29) is 0 Å². The van der Waals surface area contributed by atoms with E-state index in [1.165, 1.54) is 54.6 Å². The molecule has 0 aliphatic carbocycles. The number of aryl methyl sites for hydroxylation is 1. The highest BCUT2D eigenvalue weighted by atomic mass is 15.0. The standard InChI is InChI=1S/C27H19N/c1-18-10-13-20(14-11-18)28-26-9-5-4-8-23(26)25-17-16-22-21-7-3-2-6-19(21)12-15-24(22)27(25)28/h2-17H,1H3. The second-order valence-corrected chi connectivity index (χ2v) is 7.53. The maximum atomic E-state index is 2.42. The van der Waals surface area contributed by atoms with Crippen LogP contribution in [0.2, 0.25) is 0 Å². The second-order valence-electron chi connectivity index (χ2n) is 7.53. The van der Waals surface area contributed by atoms with Gasteiger partial charge >= 0.3 is 0 Å². The second kappa shape index (κ2) is 5.71. The summed E-state index contributed by atoms with van der Waals surface area (Å²) in [4.78, 5) is 0. The van der Waals surface area contributed by atoms with E-state index in [0.29, 0.717) is 0 Å². The molecule has 1 heteroatoms. The van der Waals surface area contributed by atoms with Crippen LogP contribution in [0.1, 0.15) is 5.56 Å². The minimum Gasteiger partial charge on any atom is -0.309 e. The fourth-order valence-electron chi connectivity index (χ4n) is 4.51. The summed E-state index contributed by atoms with van der Waals surface area (Å²) in [5.74, 6) is 0. The monoisotopic (exact) mass is 357 g/mol. The summed E-state index contributed by atoms with van der Waals surface area (Å²) >= 11 is 0. The molecule has 1 nitrogen and oxygen atoms in total. The van der Waals surface area contributed by atoms with E-state index in [9.17, 15) is 0 Å². The fourth-order valence-corrected chi connectivity index (χ4v) is 4.51. The highest BCUT2D eigenvalue weighted by Crippen LogP contribution is 2.38. The molecule has 0 N–H and O–H groups in total. The van der Waals surface area contributed by atoms with E-state index in [4.69, 9.17) is 0 Å². The normalized spacial score (nSPS) is 11.8. The average Bonchev–Trinajstić information content (AvgIpc) is 3.09. The Bertz CT molecular complexity index is 1500. The molecule has 0 aliphatic rings. The number of hydrogen-bond acceptors (Lipinski definition) is 0. The van der Waals surface area contributed by atoms with Crippen LogP contribution in [-0.4, -0.2) is 4.57 Å². The number of nitrogens with zero attached hydrogens (tertiary/aromatic N) is 1. The SMILES string of the molecule is Cc1ccc(-n2c3ccccc3c3ccc4c5ccccc5ccc4c32)cc1. The molecule has 28 heavy (non-hydrogen) atoms. The van der Waals surface area contributed by atoms with Crippen LogP contribution >= 0.6 is 0 Å². The van der Waals surface area contributed by atoms with Crippen molar-refractivity contribution in [1.82, 2.24) is 4.57 Å². The van der Waals surface area contributed by atoms with Gasteiger partial charge in [0, 0.05) is 21.8 Å². The average molecular weight is 357 g/mol. The summed E-state index contributed by atoms with van der Waals surface area (Å²) in [5, 5.41) is 7.80. The molecular formula is C27H19N. The van der Waals surface area contributed by atoms with Gasteiger partial charge in [0.05, 0.1) is 11.0 Å². The van der Waals surface area contributed by atoms with Crippen molar-refractivity contribution >= 4 is 43.4 Å². The molecule has 6 aromatic rings. The van der Waals surface area contributed by atoms with Gasteiger partial charge in [0.15, 0.2) is 0 Å². The van der Waals surface area contributed by atoms with E-state index in [0.717, 1.165) is 0 Å². The van der Waals surface area contributed by atoms with Gasteiger partial charge in [0.25, 0.3) is 0 Å². The Balaban J connectivity index is 1.87. The largest absolute Gasteiger partial charge is 0.309 e. The molecular weight excluding hydrogens is 338 g/mol. The zero-order chi connectivity index (χ0) is 18.7. The van der Waals surface area contributed by atoms with Crippen molar-refractivity contribution in [3.05, 3.63) is 103 Å². The van der Waals surface area contributed by atoms with E-state index >= 15 is 0 Å². The molecule has 0 fully saturated rings. The third kappa shape index (κ3) is 2.07. The maximum Gasteiger partial charge on any atom is 0.0619 e. The molecule has 0 amide bonds. The molecule has 0 atom stereocenters. The minimum atomic E-state index is 1.21. The minimum absolute atomic E-state index is 1.21. The lowest BCUT2D eigenvalue weighted by molar-refractivity contribution is 1.18. The van der Waals surface area contributed by atoms with Crippen molar-refractivity contribution < 1.29 is 0 Å². The number of hydrogen-bond donors (Lipinski definition) is 0. The van der Waals surface area contributed by atoms with Crippen LogP contribution in [-0.2, 0) is 0 Å². The first-order valence-electron chi connectivity index (χ1n) is 9.72. The van der Waals surface area contributed by atoms with E-state index in [1.807, 2.05) is 0 Å². The van der Waals surface area contributed by atoms with Crippen molar-refractivity contribution in [1.29, 1.82) is 0 Å². The molecule has 0 spiro atoms. The number of fused-ring (bicyclic) bond motifs is 7. The van der Waals surface area contributed by atoms with E-state index in [1.54, 1.807) is 0 Å². The van der Waals surface area contributed by atoms with Gasteiger partial charge in [-0.3, -0.25) is 0 Å². The maximum absolute atomic E-state index is 2.42. The highest BCUT2D eigenvalue weighted by molar-refractivity contribution is 6.22. The van der Waals surface area contributed by atoms with Crippen LogP contribution in [0.25, 0.3) is 49.0 Å². The van der Waals surface area contributed by atoms with Crippen molar-refractivity contribution in [2.24, 2.45) is 0 Å². The third-order valence-corrected chi connectivity index (χ3v) is 5.85. The summed E-state index contributed by atoms with van der Waals surface area (Å²) < 4.78 is 2.42. The molecule has 0 bridgehead atoms. The Morgan fingerprint density at radius 2 is 1.14 bits per heavy atom. The van der Waals surface area contributed by atoms with Crippen molar-refractivity contribution in [2.45, 2.75) is 6.92 Å².